The summed E-state index contributed by atoms with van der Waals surface area (Å²) < 4.78 is 20.2. The van der Waals surface area contributed by atoms with E-state index in [0.717, 1.165) is 17.1 Å². The van der Waals surface area contributed by atoms with Crippen molar-refractivity contribution in [1.82, 2.24) is 14.8 Å². The van der Waals surface area contributed by atoms with Crippen LogP contribution in [0.3, 0.4) is 0 Å². The third kappa shape index (κ3) is 4.89. The molecule has 1 aromatic heterocycles. The van der Waals surface area contributed by atoms with Gasteiger partial charge in [0.25, 0.3) is 0 Å². The van der Waals surface area contributed by atoms with Gasteiger partial charge in [-0.05, 0) is 48.4 Å². The maximum Gasteiger partial charge on any atom is 0.234 e. The number of aromatic nitrogens is 3. The van der Waals surface area contributed by atoms with E-state index in [2.05, 4.69) is 15.5 Å². The number of carbonyl (C=O) groups excluding carboxylic acids is 1. The molecule has 0 fully saturated rings. The van der Waals surface area contributed by atoms with Crippen LogP contribution in [0.25, 0.3) is 0 Å². The topological polar surface area (TPSA) is 69.0 Å². The molecule has 0 unspecified atom stereocenters. The first-order chi connectivity index (χ1) is 13.5. The molecule has 6 nitrogen and oxygen atoms in total. The molecule has 0 atom stereocenters. The van der Waals surface area contributed by atoms with Crippen LogP contribution in [0.4, 0.5) is 10.1 Å². The molecule has 0 aliphatic carbocycles. The number of nitrogens with one attached hydrogen (secondary N) is 1. The zero-order valence-corrected chi connectivity index (χ0v) is 16.7. The van der Waals surface area contributed by atoms with Gasteiger partial charge in [0.15, 0.2) is 5.16 Å². The Labute approximate surface area is 167 Å². The summed E-state index contributed by atoms with van der Waals surface area (Å²) in [6, 6.07) is 12.0. The maximum atomic E-state index is 13.2. The second-order valence-electron chi connectivity index (χ2n) is 6.28. The second kappa shape index (κ2) is 8.88. The molecule has 1 heterocycles. The van der Waals surface area contributed by atoms with Crippen molar-refractivity contribution in [2.45, 2.75) is 18.5 Å². The molecule has 3 rings (SSSR count). The number of rotatable bonds is 7. The largest absolute Gasteiger partial charge is 0.497 e. The number of thioether (sulfide) groups is 1. The SMILES string of the molecule is COc1ccc(Cc2nnc(SCC(=O)Nc3ccc(F)cc3C)n2C)cc1. The van der Waals surface area contributed by atoms with Crippen LogP contribution in [-0.4, -0.2) is 33.5 Å². The monoisotopic (exact) mass is 400 g/mol. The quantitative estimate of drug-likeness (QED) is 0.614. The van der Waals surface area contributed by atoms with Gasteiger partial charge in [-0.3, -0.25) is 4.79 Å². The molecule has 0 bridgehead atoms. The van der Waals surface area contributed by atoms with Gasteiger partial charge in [-0.25, -0.2) is 4.39 Å². The zero-order chi connectivity index (χ0) is 20.1. The average Bonchev–Trinajstić information content (AvgIpc) is 3.02. The minimum atomic E-state index is -0.326. The molecule has 1 N–H and O–H groups in total. The number of anilines is 1. The number of hydrogen-bond donors (Lipinski definition) is 1. The van der Waals surface area contributed by atoms with Gasteiger partial charge in [0.1, 0.15) is 17.4 Å². The van der Waals surface area contributed by atoms with E-state index in [-0.39, 0.29) is 17.5 Å². The van der Waals surface area contributed by atoms with Crippen LogP contribution in [0.1, 0.15) is 17.0 Å². The Morgan fingerprint density at radius 1 is 1.21 bits per heavy atom. The number of halogens is 1. The lowest BCUT2D eigenvalue weighted by Crippen LogP contribution is -2.15. The fraction of sp³-hybridized carbons (Fsp3) is 0.250. The van der Waals surface area contributed by atoms with Crippen LogP contribution in [0.2, 0.25) is 0 Å². The Balaban J connectivity index is 1.58. The molecule has 2 aromatic carbocycles. The number of hydrogen-bond acceptors (Lipinski definition) is 5. The summed E-state index contributed by atoms with van der Waals surface area (Å²) in [5, 5.41) is 11.9. The molecule has 0 spiro atoms. The lowest BCUT2D eigenvalue weighted by Gasteiger charge is -2.08. The van der Waals surface area contributed by atoms with Crippen molar-refractivity contribution in [2.75, 3.05) is 18.2 Å². The molecule has 146 valence electrons. The van der Waals surface area contributed by atoms with Crippen molar-refractivity contribution in [3.63, 3.8) is 0 Å². The first-order valence-corrected chi connectivity index (χ1v) is 9.65. The number of nitrogens with zero attached hydrogens (tertiary/aromatic N) is 3. The lowest BCUT2D eigenvalue weighted by atomic mass is 10.1. The fourth-order valence-corrected chi connectivity index (χ4v) is 3.36. The van der Waals surface area contributed by atoms with E-state index in [4.69, 9.17) is 4.74 Å². The van der Waals surface area contributed by atoms with Crippen LogP contribution in [-0.2, 0) is 18.3 Å². The molecule has 3 aromatic rings. The third-order valence-corrected chi connectivity index (χ3v) is 5.26. The number of amides is 1. The van der Waals surface area contributed by atoms with Crippen molar-refractivity contribution < 1.29 is 13.9 Å². The second-order valence-corrected chi connectivity index (χ2v) is 7.22. The first kappa shape index (κ1) is 19.9. The highest BCUT2D eigenvalue weighted by molar-refractivity contribution is 7.99. The minimum Gasteiger partial charge on any atom is -0.497 e. The molecule has 0 aliphatic rings. The Hall–Kier alpha value is -2.87. The van der Waals surface area contributed by atoms with E-state index < -0.39 is 0 Å². The van der Waals surface area contributed by atoms with E-state index >= 15 is 0 Å². The summed E-state index contributed by atoms with van der Waals surface area (Å²) in [5.41, 5.74) is 2.38. The maximum absolute atomic E-state index is 13.2. The van der Waals surface area contributed by atoms with Crippen LogP contribution >= 0.6 is 11.8 Å². The molecular formula is C20H21FN4O2S. The third-order valence-electron chi connectivity index (χ3n) is 4.24. The molecular weight excluding hydrogens is 379 g/mol. The number of carbonyl (C=O) groups is 1. The van der Waals surface area contributed by atoms with Crippen molar-refractivity contribution in [2.24, 2.45) is 7.05 Å². The number of aryl methyl sites for hydroxylation is 1. The smallest absolute Gasteiger partial charge is 0.234 e. The fourth-order valence-electron chi connectivity index (χ4n) is 2.63. The van der Waals surface area contributed by atoms with E-state index in [1.807, 2.05) is 35.9 Å². The van der Waals surface area contributed by atoms with Crippen molar-refractivity contribution in [1.29, 1.82) is 0 Å². The first-order valence-electron chi connectivity index (χ1n) is 8.66. The predicted molar refractivity (Wildman–Crippen MR) is 107 cm³/mol. The average molecular weight is 400 g/mol. The van der Waals surface area contributed by atoms with E-state index in [1.165, 1.54) is 23.9 Å². The van der Waals surface area contributed by atoms with Gasteiger partial charge in [-0.2, -0.15) is 0 Å². The summed E-state index contributed by atoms with van der Waals surface area (Å²) in [7, 11) is 3.51. The molecule has 1 amide bonds. The molecule has 0 aliphatic heterocycles. The summed E-state index contributed by atoms with van der Waals surface area (Å²) in [6.45, 7) is 1.75. The van der Waals surface area contributed by atoms with Crippen LogP contribution in [0, 0.1) is 12.7 Å². The summed E-state index contributed by atoms with van der Waals surface area (Å²) in [6.07, 6.45) is 0.634. The predicted octanol–water partition coefficient (Wildman–Crippen LogP) is 3.59. The van der Waals surface area contributed by atoms with Crippen LogP contribution in [0.15, 0.2) is 47.6 Å². The Bertz CT molecular complexity index is 973. The Morgan fingerprint density at radius 2 is 1.96 bits per heavy atom. The molecule has 0 saturated carbocycles. The number of ether oxygens (including phenoxy) is 1. The zero-order valence-electron chi connectivity index (χ0n) is 15.9. The highest BCUT2D eigenvalue weighted by Crippen LogP contribution is 2.20. The summed E-state index contributed by atoms with van der Waals surface area (Å²) in [4.78, 5) is 12.2. The van der Waals surface area contributed by atoms with Gasteiger partial charge in [-0.1, -0.05) is 23.9 Å². The summed E-state index contributed by atoms with van der Waals surface area (Å²) >= 11 is 1.30. The van der Waals surface area contributed by atoms with Gasteiger partial charge in [0, 0.05) is 19.2 Å². The standard InChI is InChI=1S/C20H21FN4O2S/c1-13-10-15(21)6-9-17(13)22-19(26)12-28-20-24-23-18(25(20)2)11-14-4-7-16(27-3)8-5-14/h4-10H,11-12H2,1-3H3,(H,22,26). The van der Waals surface area contributed by atoms with Crippen LogP contribution < -0.4 is 10.1 Å². The molecule has 28 heavy (non-hydrogen) atoms. The lowest BCUT2D eigenvalue weighted by molar-refractivity contribution is -0.113. The van der Waals surface area contributed by atoms with Gasteiger partial charge < -0.3 is 14.6 Å². The van der Waals surface area contributed by atoms with Gasteiger partial charge in [0.05, 0.1) is 12.9 Å². The highest BCUT2D eigenvalue weighted by Gasteiger charge is 2.13. The molecule has 8 heteroatoms. The normalized spacial score (nSPS) is 10.7. The van der Waals surface area contributed by atoms with Crippen molar-refractivity contribution >= 4 is 23.4 Å². The highest BCUT2D eigenvalue weighted by atomic mass is 32.2. The van der Waals surface area contributed by atoms with Gasteiger partial charge in [0.2, 0.25) is 5.91 Å². The van der Waals surface area contributed by atoms with E-state index in [9.17, 15) is 9.18 Å². The Morgan fingerprint density at radius 3 is 2.64 bits per heavy atom. The van der Waals surface area contributed by atoms with Crippen molar-refractivity contribution in [3.05, 3.63) is 65.2 Å². The summed E-state index contributed by atoms with van der Waals surface area (Å²) in [5.74, 6) is 1.29. The van der Waals surface area contributed by atoms with Crippen LogP contribution in [0.5, 0.6) is 5.75 Å². The number of methoxy groups -OCH3 is 1. The molecule has 0 saturated heterocycles. The van der Waals surface area contributed by atoms with Gasteiger partial charge >= 0.3 is 0 Å². The Kier molecular flexibility index (Phi) is 6.30. The van der Waals surface area contributed by atoms with E-state index in [0.29, 0.717) is 22.8 Å². The number of benzene rings is 2. The van der Waals surface area contributed by atoms with E-state index in [1.54, 1.807) is 20.1 Å². The molecule has 0 radical (unpaired) electrons. The minimum absolute atomic E-state index is 0.181. The van der Waals surface area contributed by atoms with Crippen molar-refractivity contribution in [3.8, 4) is 5.75 Å². The van der Waals surface area contributed by atoms with Gasteiger partial charge in [-0.15, -0.1) is 10.2 Å².